The molecule has 0 aliphatic carbocycles. The third-order valence-corrected chi connectivity index (χ3v) is 4.78. The molecule has 0 fully saturated rings. The van der Waals surface area contributed by atoms with Crippen molar-refractivity contribution in [1.29, 1.82) is 0 Å². The van der Waals surface area contributed by atoms with Gasteiger partial charge in [0, 0.05) is 12.1 Å². The van der Waals surface area contributed by atoms with Crippen LogP contribution in [0.2, 0.25) is 0 Å². The van der Waals surface area contributed by atoms with Gasteiger partial charge in [-0.05, 0) is 42.8 Å². The summed E-state index contributed by atoms with van der Waals surface area (Å²) in [4.78, 5) is 15.9. The SMILES string of the molecule is COc1ccc2nc(NCC(C)=Cc3ccc(C(=O)NO)cc3)sc2c1. The number of amides is 1. The highest BCUT2D eigenvalue weighted by atomic mass is 32.1. The van der Waals surface area contributed by atoms with E-state index in [1.165, 1.54) is 0 Å². The van der Waals surface area contributed by atoms with Crippen molar-refractivity contribution in [2.45, 2.75) is 6.92 Å². The zero-order valence-electron chi connectivity index (χ0n) is 14.4. The highest BCUT2D eigenvalue weighted by Gasteiger charge is 2.05. The van der Waals surface area contributed by atoms with E-state index in [0.29, 0.717) is 12.1 Å². The molecule has 7 heteroatoms. The lowest BCUT2D eigenvalue weighted by molar-refractivity contribution is 0.0706. The van der Waals surface area contributed by atoms with Gasteiger partial charge in [-0.15, -0.1) is 0 Å². The van der Waals surface area contributed by atoms with Crippen LogP contribution in [-0.4, -0.2) is 29.8 Å². The first-order chi connectivity index (χ1) is 12.6. The zero-order valence-corrected chi connectivity index (χ0v) is 15.3. The van der Waals surface area contributed by atoms with Gasteiger partial charge >= 0.3 is 0 Å². The van der Waals surface area contributed by atoms with Crippen molar-refractivity contribution in [3.63, 3.8) is 0 Å². The van der Waals surface area contributed by atoms with Crippen LogP contribution in [0, 0.1) is 0 Å². The van der Waals surface area contributed by atoms with Gasteiger partial charge < -0.3 is 10.1 Å². The molecule has 0 spiro atoms. The number of nitrogens with zero attached hydrogens (tertiary/aromatic N) is 1. The molecule has 0 atom stereocenters. The molecular weight excluding hydrogens is 350 g/mol. The smallest absolute Gasteiger partial charge is 0.274 e. The minimum absolute atomic E-state index is 0.408. The molecule has 1 aromatic heterocycles. The predicted octanol–water partition coefficient (Wildman–Crippen LogP) is 3.94. The summed E-state index contributed by atoms with van der Waals surface area (Å²) >= 11 is 1.59. The lowest BCUT2D eigenvalue weighted by Crippen LogP contribution is -2.18. The van der Waals surface area contributed by atoms with Crippen LogP contribution in [0.25, 0.3) is 16.3 Å². The summed E-state index contributed by atoms with van der Waals surface area (Å²) in [6.45, 7) is 2.69. The van der Waals surface area contributed by atoms with Crippen molar-refractivity contribution in [2.24, 2.45) is 0 Å². The summed E-state index contributed by atoms with van der Waals surface area (Å²) < 4.78 is 6.31. The third kappa shape index (κ3) is 4.19. The lowest BCUT2D eigenvalue weighted by Gasteiger charge is -2.04. The van der Waals surface area contributed by atoms with Crippen molar-refractivity contribution in [1.82, 2.24) is 10.5 Å². The Morgan fingerprint density at radius 3 is 2.73 bits per heavy atom. The summed E-state index contributed by atoms with van der Waals surface area (Å²) in [5.74, 6) is 0.300. The number of nitrogens with one attached hydrogen (secondary N) is 2. The molecule has 0 saturated heterocycles. The van der Waals surface area contributed by atoms with Crippen molar-refractivity contribution < 1.29 is 14.7 Å². The normalized spacial score (nSPS) is 11.4. The maximum absolute atomic E-state index is 11.3. The van der Waals surface area contributed by atoms with E-state index in [0.717, 1.165) is 32.2 Å². The number of carbonyl (C=O) groups excluding carboxylic acids is 1. The van der Waals surface area contributed by atoms with Crippen LogP contribution in [0.5, 0.6) is 5.75 Å². The maximum Gasteiger partial charge on any atom is 0.274 e. The molecule has 3 aromatic rings. The fourth-order valence-electron chi connectivity index (χ4n) is 2.45. The number of aromatic nitrogens is 1. The summed E-state index contributed by atoms with van der Waals surface area (Å²) in [6, 6.07) is 12.8. The highest BCUT2D eigenvalue weighted by Crippen LogP contribution is 2.29. The standard InChI is InChI=1S/C19H19N3O3S/c1-12(9-13-3-5-14(6-4-13)18(23)22-24)11-20-19-21-16-8-7-15(25-2)10-17(16)26-19/h3-10,24H,11H2,1-2H3,(H,20,21)(H,22,23). The quantitative estimate of drug-likeness (QED) is 0.453. The molecule has 0 radical (unpaired) electrons. The van der Waals surface area contributed by atoms with Crippen LogP contribution in [0.3, 0.4) is 0 Å². The number of ether oxygens (including phenoxy) is 1. The number of carbonyl (C=O) groups is 1. The average molecular weight is 369 g/mol. The van der Waals surface area contributed by atoms with Crippen LogP contribution < -0.4 is 15.5 Å². The molecule has 1 heterocycles. The van der Waals surface area contributed by atoms with E-state index in [1.54, 1.807) is 36.1 Å². The largest absolute Gasteiger partial charge is 0.497 e. The summed E-state index contributed by atoms with van der Waals surface area (Å²) in [7, 11) is 1.65. The van der Waals surface area contributed by atoms with E-state index in [9.17, 15) is 4.79 Å². The van der Waals surface area contributed by atoms with E-state index < -0.39 is 5.91 Å². The van der Waals surface area contributed by atoms with Gasteiger partial charge in [0.25, 0.3) is 5.91 Å². The number of benzene rings is 2. The molecule has 26 heavy (non-hydrogen) atoms. The molecule has 134 valence electrons. The zero-order chi connectivity index (χ0) is 18.5. The van der Waals surface area contributed by atoms with E-state index in [-0.39, 0.29) is 0 Å². The minimum atomic E-state index is -0.522. The molecule has 3 N–H and O–H groups in total. The van der Waals surface area contributed by atoms with Crippen LogP contribution >= 0.6 is 11.3 Å². The monoisotopic (exact) mass is 369 g/mol. The van der Waals surface area contributed by atoms with Gasteiger partial charge in [0.2, 0.25) is 0 Å². The van der Waals surface area contributed by atoms with Gasteiger partial charge in [-0.1, -0.05) is 35.1 Å². The Morgan fingerprint density at radius 2 is 2.04 bits per heavy atom. The Kier molecular flexibility index (Phi) is 5.50. The maximum atomic E-state index is 11.3. The second kappa shape index (κ2) is 7.99. The van der Waals surface area contributed by atoms with E-state index in [2.05, 4.69) is 10.3 Å². The van der Waals surface area contributed by atoms with Gasteiger partial charge in [-0.25, -0.2) is 10.5 Å². The molecule has 3 rings (SSSR count). The number of anilines is 1. The number of hydrogen-bond acceptors (Lipinski definition) is 6. The summed E-state index contributed by atoms with van der Waals surface area (Å²) in [5, 5.41) is 12.8. The van der Waals surface area contributed by atoms with Crippen molar-refractivity contribution in [3.8, 4) is 5.75 Å². The Bertz CT molecular complexity index is 948. The molecule has 6 nitrogen and oxygen atoms in total. The number of methoxy groups -OCH3 is 1. The second-order valence-electron chi connectivity index (χ2n) is 5.76. The van der Waals surface area contributed by atoms with Gasteiger partial charge in [0.05, 0.1) is 17.3 Å². The molecule has 2 aromatic carbocycles. The van der Waals surface area contributed by atoms with Crippen LogP contribution in [-0.2, 0) is 0 Å². The Labute approximate surface area is 155 Å². The third-order valence-electron chi connectivity index (χ3n) is 3.80. The van der Waals surface area contributed by atoms with Crippen LogP contribution in [0.15, 0.2) is 48.0 Å². The number of fused-ring (bicyclic) bond motifs is 1. The van der Waals surface area contributed by atoms with Crippen molar-refractivity contribution in [2.75, 3.05) is 19.0 Å². The van der Waals surface area contributed by atoms with Crippen LogP contribution in [0.1, 0.15) is 22.8 Å². The van der Waals surface area contributed by atoms with E-state index >= 15 is 0 Å². The number of hydrogen-bond donors (Lipinski definition) is 3. The minimum Gasteiger partial charge on any atom is -0.497 e. The van der Waals surface area contributed by atoms with Gasteiger partial charge in [0.1, 0.15) is 5.75 Å². The fraction of sp³-hybridized carbons (Fsp3) is 0.158. The predicted molar refractivity (Wildman–Crippen MR) is 104 cm³/mol. The van der Waals surface area contributed by atoms with E-state index in [1.807, 2.05) is 43.3 Å². The number of hydroxylamine groups is 1. The molecule has 0 aliphatic heterocycles. The molecular formula is C19H19N3O3S. The average Bonchev–Trinajstić information content (AvgIpc) is 3.08. The molecule has 1 amide bonds. The molecule has 0 bridgehead atoms. The van der Waals surface area contributed by atoms with E-state index in [4.69, 9.17) is 9.94 Å². The first-order valence-electron chi connectivity index (χ1n) is 7.99. The summed E-state index contributed by atoms with van der Waals surface area (Å²) in [5.41, 5.74) is 5.08. The number of thiazole rings is 1. The first kappa shape index (κ1) is 17.9. The molecule has 0 unspecified atom stereocenters. The summed E-state index contributed by atoms with van der Waals surface area (Å²) in [6.07, 6.45) is 2.03. The second-order valence-corrected chi connectivity index (χ2v) is 6.79. The Balaban J connectivity index is 1.65. The Morgan fingerprint density at radius 1 is 1.27 bits per heavy atom. The van der Waals surface area contributed by atoms with Gasteiger partial charge in [0.15, 0.2) is 5.13 Å². The highest BCUT2D eigenvalue weighted by molar-refractivity contribution is 7.22. The fourth-order valence-corrected chi connectivity index (χ4v) is 3.34. The lowest BCUT2D eigenvalue weighted by atomic mass is 10.1. The van der Waals surface area contributed by atoms with Gasteiger partial charge in [-0.2, -0.15) is 0 Å². The first-order valence-corrected chi connectivity index (χ1v) is 8.81. The molecule has 0 aliphatic rings. The topological polar surface area (TPSA) is 83.5 Å². The van der Waals surface area contributed by atoms with Crippen LogP contribution in [0.4, 0.5) is 5.13 Å². The van der Waals surface area contributed by atoms with Crippen molar-refractivity contribution in [3.05, 3.63) is 59.2 Å². The van der Waals surface area contributed by atoms with Crippen molar-refractivity contribution >= 4 is 38.7 Å². The number of rotatable bonds is 6. The Hall–Kier alpha value is -2.90. The van der Waals surface area contributed by atoms with Gasteiger partial charge in [-0.3, -0.25) is 10.0 Å². The molecule has 0 saturated carbocycles.